The van der Waals surface area contributed by atoms with E-state index in [9.17, 15) is 4.79 Å². The molecule has 23 heavy (non-hydrogen) atoms. The van der Waals surface area contributed by atoms with Gasteiger partial charge in [0.15, 0.2) is 6.61 Å². The van der Waals surface area contributed by atoms with Gasteiger partial charge in [0.1, 0.15) is 10.7 Å². The Morgan fingerprint density at radius 1 is 1.26 bits per heavy atom. The minimum absolute atomic E-state index is 0.119. The van der Waals surface area contributed by atoms with Crippen molar-refractivity contribution in [3.05, 3.63) is 58.5 Å². The van der Waals surface area contributed by atoms with Crippen LogP contribution in [0.5, 0.6) is 0 Å². The first kappa shape index (κ1) is 15.2. The number of benzene rings is 1. The topological polar surface area (TPSA) is 83.0 Å². The Hall–Kier alpha value is -2.67. The summed E-state index contributed by atoms with van der Waals surface area (Å²) in [4.78, 5) is 12.3. The molecule has 0 aliphatic rings. The summed E-state index contributed by atoms with van der Waals surface area (Å²) >= 11 is 6.29. The Bertz CT molecular complexity index is 842. The third kappa shape index (κ3) is 3.09. The standard InChI is InChI=1S/C15H13ClN4O3/c1-9-13(15(21)22-8-12-18-17-10(2)23-12)14(16)20(19-9)11-6-4-3-5-7-11/h3-7H,8H2,1-2H3. The van der Waals surface area contributed by atoms with E-state index in [1.54, 1.807) is 13.8 Å². The van der Waals surface area contributed by atoms with Crippen LogP contribution in [0.4, 0.5) is 0 Å². The predicted octanol–water partition coefficient (Wildman–Crippen LogP) is 2.88. The quantitative estimate of drug-likeness (QED) is 0.683. The van der Waals surface area contributed by atoms with Gasteiger partial charge in [-0.3, -0.25) is 0 Å². The smallest absolute Gasteiger partial charge is 0.343 e. The van der Waals surface area contributed by atoms with Gasteiger partial charge in [0.25, 0.3) is 5.89 Å². The zero-order chi connectivity index (χ0) is 16.4. The lowest BCUT2D eigenvalue weighted by Crippen LogP contribution is -2.07. The maximum Gasteiger partial charge on any atom is 0.343 e. The molecule has 0 amide bonds. The van der Waals surface area contributed by atoms with E-state index in [0.717, 1.165) is 5.69 Å². The third-order valence-corrected chi connectivity index (χ3v) is 3.45. The van der Waals surface area contributed by atoms with Crippen LogP contribution in [0.25, 0.3) is 5.69 Å². The number of halogens is 1. The highest BCUT2D eigenvalue weighted by atomic mass is 35.5. The Morgan fingerprint density at radius 3 is 2.65 bits per heavy atom. The van der Waals surface area contributed by atoms with Crippen molar-refractivity contribution < 1.29 is 13.9 Å². The van der Waals surface area contributed by atoms with Crippen molar-refractivity contribution in [2.45, 2.75) is 20.5 Å². The second-order valence-corrected chi connectivity index (χ2v) is 5.15. The van der Waals surface area contributed by atoms with Crippen molar-refractivity contribution in [1.82, 2.24) is 20.0 Å². The highest BCUT2D eigenvalue weighted by Crippen LogP contribution is 2.24. The van der Waals surface area contributed by atoms with Crippen molar-refractivity contribution in [3.63, 3.8) is 0 Å². The zero-order valence-corrected chi connectivity index (χ0v) is 13.2. The average molecular weight is 333 g/mol. The molecular formula is C15H13ClN4O3. The van der Waals surface area contributed by atoms with E-state index in [4.69, 9.17) is 20.8 Å². The number of hydrogen-bond acceptors (Lipinski definition) is 6. The van der Waals surface area contributed by atoms with Crippen molar-refractivity contribution in [2.24, 2.45) is 0 Å². The maximum atomic E-state index is 12.3. The molecule has 1 aromatic carbocycles. The van der Waals surface area contributed by atoms with Crippen LogP contribution in [0.1, 0.15) is 27.8 Å². The van der Waals surface area contributed by atoms with Crippen LogP contribution in [-0.4, -0.2) is 25.9 Å². The van der Waals surface area contributed by atoms with Gasteiger partial charge >= 0.3 is 5.97 Å². The highest BCUT2D eigenvalue weighted by Gasteiger charge is 2.23. The number of carbonyl (C=O) groups excluding carboxylic acids is 1. The largest absolute Gasteiger partial charge is 0.452 e. The van der Waals surface area contributed by atoms with E-state index in [2.05, 4.69) is 15.3 Å². The fourth-order valence-electron chi connectivity index (χ4n) is 2.07. The van der Waals surface area contributed by atoms with E-state index >= 15 is 0 Å². The Labute approximate surface area is 136 Å². The Morgan fingerprint density at radius 2 is 2.00 bits per heavy atom. The van der Waals surface area contributed by atoms with Gasteiger partial charge in [-0.15, -0.1) is 10.2 Å². The number of para-hydroxylation sites is 1. The van der Waals surface area contributed by atoms with Crippen LogP contribution < -0.4 is 0 Å². The fourth-order valence-corrected chi connectivity index (χ4v) is 2.42. The number of aromatic nitrogens is 4. The number of nitrogens with zero attached hydrogens (tertiary/aromatic N) is 4. The number of carbonyl (C=O) groups is 1. The highest BCUT2D eigenvalue weighted by molar-refractivity contribution is 6.33. The summed E-state index contributed by atoms with van der Waals surface area (Å²) in [6, 6.07) is 9.29. The lowest BCUT2D eigenvalue weighted by molar-refractivity contribution is 0.0436. The minimum atomic E-state index is -0.592. The lowest BCUT2D eigenvalue weighted by atomic mass is 10.2. The number of rotatable bonds is 4. The average Bonchev–Trinajstić information content (AvgIpc) is 3.09. The SMILES string of the molecule is Cc1nnc(COC(=O)c2c(C)nn(-c3ccccc3)c2Cl)o1. The lowest BCUT2D eigenvalue weighted by Gasteiger charge is -2.03. The van der Waals surface area contributed by atoms with Crippen LogP contribution in [0.15, 0.2) is 34.7 Å². The second kappa shape index (κ2) is 6.21. The molecule has 3 rings (SSSR count). The summed E-state index contributed by atoms with van der Waals surface area (Å²) in [6.45, 7) is 3.23. The van der Waals surface area contributed by atoms with Gasteiger partial charge in [0.05, 0.1) is 11.4 Å². The normalized spacial score (nSPS) is 10.7. The van der Waals surface area contributed by atoms with Crippen molar-refractivity contribution in [3.8, 4) is 5.69 Å². The van der Waals surface area contributed by atoms with Crippen molar-refractivity contribution >= 4 is 17.6 Å². The Balaban J connectivity index is 1.82. The Kier molecular flexibility index (Phi) is 4.12. The molecule has 2 aromatic heterocycles. The molecular weight excluding hydrogens is 320 g/mol. The van der Waals surface area contributed by atoms with Gasteiger partial charge in [0.2, 0.25) is 5.89 Å². The number of hydrogen-bond donors (Lipinski definition) is 0. The van der Waals surface area contributed by atoms with Crippen LogP contribution >= 0.6 is 11.6 Å². The van der Waals surface area contributed by atoms with Crippen molar-refractivity contribution in [2.75, 3.05) is 0 Å². The first-order chi connectivity index (χ1) is 11.1. The van der Waals surface area contributed by atoms with E-state index < -0.39 is 5.97 Å². The van der Waals surface area contributed by atoms with Gasteiger partial charge in [-0.1, -0.05) is 29.8 Å². The molecule has 0 fully saturated rings. The van der Waals surface area contributed by atoms with Gasteiger partial charge in [-0.25, -0.2) is 9.48 Å². The molecule has 0 unspecified atom stereocenters. The molecule has 0 radical (unpaired) electrons. The monoisotopic (exact) mass is 332 g/mol. The van der Waals surface area contributed by atoms with E-state index in [1.807, 2.05) is 30.3 Å². The molecule has 0 spiro atoms. The molecule has 0 saturated heterocycles. The number of aryl methyl sites for hydroxylation is 2. The summed E-state index contributed by atoms with van der Waals surface area (Å²) < 4.78 is 11.8. The molecule has 3 aromatic rings. The first-order valence-corrected chi connectivity index (χ1v) is 7.20. The molecule has 0 aliphatic heterocycles. The summed E-state index contributed by atoms with van der Waals surface area (Å²) in [5.41, 5.74) is 1.45. The molecule has 0 atom stereocenters. The molecule has 0 N–H and O–H groups in total. The molecule has 0 aliphatic carbocycles. The van der Waals surface area contributed by atoms with E-state index in [0.29, 0.717) is 11.6 Å². The van der Waals surface area contributed by atoms with E-state index in [1.165, 1.54) is 4.68 Å². The number of esters is 1. The summed E-state index contributed by atoms with van der Waals surface area (Å²) in [5, 5.41) is 11.9. The third-order valence-electron chi connectivity index (χ3n) is 3.10. The van der Waals surface area contributed by atoms with Crippen molar-refractivity contribution in [1.29, 1.82) is 0 Å². The van der Waals surface area contributed by atoms with Gasteiger partial charge < -0.3 is 9.15 Å². The molecule has 8 heteroatoms. The fraction of sp³-hybridized carbons (Fsp3) is 0.200. The first-order valence-electron chi connectivity index (χ1n) is 6.83. The second-order valence-electron chi connectivity index (χ2n) is 4.79. The van der Waals surface area contributed by atoms with Gasteiger partial charge in [-0.2, -0.15) is 5.10 Å². The van der Waals surface area contributed by atoms with Crippen LogP contribution in [0, 0.1) is 13.8 Å². The molecule has 0 saturated carbocycles. The number of ether oxygens (including phenoxy) is 1. The molecule has 0 bridgehead atoms. The molecule has 2 heterocycles. The summed E-state index contributed by atoms with van der Waals surface area (Å²) in [5.74, 6) is 0.0350. The molecule has 118 valence electrons. The van der Waals surface area contributed by atoms with Crippen LogP contribution in [-0.2, 0) is 11.3 Å². The maximum absolute atomic E-state index is 12.3. The van der Waals surface area contributed by atoms with Crippen LogP contribution in [0.2, 0.25) is 5.15 Å². The summed E-state index contributed by atoms with van der Waals surface area (Å²) in [6.07, 6.45) is 0. The molecule has 7 nitrogen and oxygen atoms in total. The zero-order valence-electron chi connectivity index (χ0n) is 12.5. The van der Waals surface area contributed by atoms with E-state index in [-0.39, 0.29) is 23.2 Å². The van der Waals surface area contributed by atoms with Crippen LogP contribution in [0.3, 0.4) is 0 Å². The predicted molar refractivity (Wildman–Crippen MR) is 81.5 cm³/mol. The van der Waals surface area contributed by atoms with Gasteiger partial charge in [-0.05, 0) is 19.1 Å². The summed E-state index contributed by atoms with van der Waals surface area (Å²) in [7, 11) is 0. The van der Waals surface area contributed by atoms with Gasteiger partial charge in [0, 0.05) is 6.92 Å². The minimum Gasteiger partial charge on any atom is -0.452 e.